The summed E-state index contributed by atoms with van der Waals surface area (Å²) < 4.78 is 4.90. The summed E-state index contributed by atoms with van der Waals surface area (Å²) in [5.74, 6) is 1.73. The molecule has 2 rings (SSSR count). The Morgan fingerprint density at radius 1 is 1.55 bits per heavy atom. The molecule has 4 heteroatoms. The van der Waals surface area contributed by atoms with Crippen LogP contribution in [0, 0.1) is 6.92 Å². The third-order valence-electron chi connectivity index (χ3n) is 1.84. The lowest BCUT2D eigenvalue weighted by molar-refractivity contribution is -0.125. The molecule has 0 N–H and O–H groups in total. The number of hydrogen-bond donors (Lipinski definition) is 0. The number of carbonyl (C=O) groups excluding carboxylic acids is 1. The normalized spacial score (nSPS) is 18.5. The summed E-state index contributed by atoms with van der Waals surface area (Å²) in [4.78, 5) is 14.6. The Hall–Kier alpha value is -1.19. The second kappa shape index (κ2) is 2.15. The predicted octanol–water partition coefficient (Wildman–Crippen LogP) is 0.825. The molecule has 1 aromatic heterocycles. The molecule has 0 saturated heterocycles. The third kappa shape index (κ3) is 1.04. The first-order chi connectivity index (χ1) is 5.25. The van der Waals surface area contributed by atoms with Crippen molar-refractivity contribution in [2.24, 2.45) is 0 Å². The summed E-state index contributed by atoms with van der Waals surface area (Å²) in [5.41, 5.74) is 0. The van der Waals surface area contributed by atoms with Crippen LogP contribution in [0.3, 0.4) is 0 Å². The van der Waals surface area contributed by atoms with E-state index >= 15 is 0 Å². The van der Waals surface area contributed by atoms with Crippen LogP contribution >= 0.6 is 0 Å². The van der Waals surface area contributed by atoms with E-state index < -0.39 is 0 Å². The van der Waals surface area contributed by atoms with E-state index in [0.717, 1.165) is 0 Å². The maximum atomic E-state index is 10.6. The number of carbonyl (C=O) groups is 1. The summed E-state index contributed by atoms with van der Waals surface area (Å²) in [6.45, 7) is 1.77. The number of hydrogen-bond acceptors (Lipinski definition) is 4. The highest BCUT2D eigenvalue weighted by molar-refractivity contribution is 5.85. The number of nitrogens with zero attached hydrogens (tertiary/aromatic N) is 2. The van der Waals surface area contributed by atoms with Gasteiger partial charge in [-0.2, -0.15) is 4.98 Å². The molecule has 0 radical (unpaired) electrons. The zero-order valence-corrected chi connectivity index (χ0v) is 6.20. The minimum absolute atomic E-state index is 0.198. The molecular weight excluding hydrogens is 144 g/mol. The topological polar surface area (TPSA) is 56.0 Å². The van der Waals surface area contributed by atoms with Crippen molar-refractivity contribution in [3.63, 3.8) is 0 Å². The maximum absolute atomic E-state index is 10.6. The third-order valence-corrected chi connectivity index (χ3v) is 1.84. The first-order valence-corrected chi connectivity index (χ1v) is 3.57. The Kier molecular flexibility index (Phi) is 1.27. The molecular formula is C7H8N2O2. The largest absolute Gasteiger partial charge is 0.339 e. The van der Waals surface area contributed by atoms with Gasteiger partial charge in [-0.15, -0.1) is 0 Å². The molecule has 58 valence electrons. The van der Waals surface area contributed by atoms with Crippen molar-refractivity contribution in [1.29, 1.82) is 0 Å². The van der Waals surface area contributed by atoms with Crippen molar-refractivity contribution in [3.05, 3.63) is 11.7 Å². The lowest BCUT2D eigenvalue weighted by Crippen LogP contribution is -2.21. The lowest BCUT2D eigenvalue weighted by Gasteiger charge is -2.19. The van der Waals surface area contributed by atoms with Crippen molar-refractivity contribution in [1.82, 2.24) is 10.1 Å². The summed E-state index contributed by atoms with van der Waals surface area (Å²) in [5, 5.41) is 3.65. The average molecular weight is 152 g/mol. The fourth-order valence-electron chi connectivity index (χ4n) is 1.14. The van der Waals surface area contributed by atoms with Crippen LogP contribution in [-0.2, 0) is 4.79 Å². The van der Waals surface area contributed by atoms with Gasteiger partial charge in [0, 0.05) is 12.8 Å². The Morgan fingerprint density at radius 2 is 2.27 bits per heavy atom. The summed E-state index contributed by atoms with van der Waals surface area (Å²) in [6.07, 6.45) is 1.14. The molecule has 0 bridgehead atoms. The standard InChI is InChI=1S/C7H8N2O2/c1-4-8-7(11-9-4)5-2-6(10)3-5/h5H,2-3H2,1H3. The van der Waals surface area contributed by atoms with Gasteiger partial charge in [0.15, 0.2) is 5.82 Å². The van der Waals surface area contributed by atoms with Gasteiger partial charge in [0.05, 0.1) is 5.92 Å². The molecule has 0 amide bonds. The van der Waals surface area contributed by atoms with Gasteiger partial charge in [-0.25, -0.2) is 0 Å². The van der Waals surface area contributed by atoms with Crippen molar-refractivity contribution in [2.45, 2.75) is 25.7 Å². The van der Waals surface area contributed by atoms with E-state index in [1.54, 1.807) is 6.92 Å². The molecule has 0 spiro atoms. The van der Waals surface area contributed by atoms with Gasteiger partial charge in [0.2, 0.25) is 5.89 Å². The molecule has 0 unspecified atom stereocenters. The van der Waals surface area contributed by atoms with Crippen LogP contribution in [0.25, 0.3) is 0 Å². The number of Topliss-reactive ketones (excluding diaryl/α,β-unsaturated/α-hetero) is 1. The van der Waals surface area contributed by atoms with E-state index in [2.05, 4.69) is 10.1 Å². The molecule has 1 aliphatic carbocycles. The smallest absolute Gasteiger partial charge is 0.230 e. The molecule has 0 aliphatic heterocycles. The Labute approximate surface area is 63.6 Å². The Bertz CT molecular complexity index is 284. The maximum Gasteiger partial charge on any atom is 0.230 e. The number of aromatic nitrogens is 2. The van der Waals surface area contributed by atoms with Gasteiger partial charge in [0.1, 0.15) is 5.78 Å². The van der Waals surface area contributed by atoms with Gasteiger partial charge >= 0.3 is 0 Å². The van der Waals surface area contributed by atoms with Crippen LogP contribution in [-0.4, -0.2) is 15.9 Å². The Balaban J connectivity index is 2.12. The highest BCUT2D eigenvalue weighted by Gasteiger charge is 2.32. The molecule has 1 aliphatic rings. The molecule has 0 atom stereocenters. The zero-order valence-electron chi connectivity index (χ0n) is 6.20. The van der Waals surface area contributed by atoms with E-state index in [-0.39, 0.29) is 11.7 Å². The molecule has 0 aromatic carbocycles. The highest BCUT2D eigenvalue weighted by atomic mass is 16.5. The second-order valence-electron chi connectivity index (χ2n) is 2.82. The van der Waals surface area contributed by atoms with Crippen LogP contribution in [0.4, 0.5) is 0 Å². The lowest BCUT2D eigenvalue weighted by atomic mass is 9.84. The first kappa shape index (κ1) is 6.52. The van der Waals surface area contributed by atoms with Gasteiger partial charge in [-0.1, -0.05) is 5.16 Å². The molecule has 1 fully saturated rings. The zero-order chi connectivity index (χ0) is 7.84. The van der Waals surface area contributed by atoms with E-state index in [1.165, 1.54) is 0 Å². The van der Waals surface area contributed by atoms with Crippen LogP contribution in [0.5, 0.6) is 0 Å². The Morgan fingerprint density at radius 3 is 2.73 bits per heavy atom. The quantitative estimate of drug-likeness (QED) is 0.597. The fourth-order valence-corrected chi connectivity index (χ4v) is 1.14. The summed E-state index contributed by atoms with van der Waals surface area (Å²) >= 11 is 0. The van der Waals surface area contributed by atoms with E-state index in [4.69, 9.17) is 4.52 Å². The average Bonchev–Trinajstić information content (AvgIpc) is 2.29. The van der Waals surface area contributed by atoms with Gasteiger partial charge in [0.25, 0.3) is 0 Å². The van der Waals surface area contributed by atoms with Crippen LogP contribution in [0.2, 0.25) is 0 Å². The number of ketones is 1. The van der Waals surface area contributed by atoms with Crippen LogP contribution < -0.4 is 0 Å². The molecule has 1 aromatic rings. The minimum atomic E-state index is 0.198. The van der Waals surface area contributed by atoms with Gasteiger partial charge < -0.3 is 4.52 Å². The SMILES string of the molecule is Cc1noc(C2CC(=O)C2)n1. The summed E-state index contributed by atoms with van der Waals surface area (Å²) in [6, 6.07) is 0. The fraction of sp³-hybridized carbons (Fsp3) is 0.571. The monoisotopic (exact) mass is 152 g/mol. The van der Waals surface area contributed by atoms with Gasteiger partial charge in [-0.3, -0.25) is 4.79 Å². The minimum Gasteiger partial charge on any atom is -0.339 e. The number of aryl methyl sites for hydroxylation is 1. The van der Waals surface area contributed by atoms with Gasteiger partial charge in [-0.05, 0) is 6.92 Å². The highest BCUT2D eigenvalue weighted by Crippen LogP contribution is 2.31. The second-order valence-corrected chi connectivity index (χ2v) is 2.82. The van der Waals surface area contributed by atoms with E-state index in [1.807, 2.05) is 0 Å². The first-order valence-electron chi connectivity index (χ1n) is 3.57. The molecule has 1 heterocycles. The van der Waals surface area contributed by atoms with Crippen LogP contribution in [0.1, 0.15) is 30.5 Å². The van der Waals surface area contributed by atoms with E-state index in [9.17, 15) is 4.79 Å². The number of rotatable bonds is 1. The molecule has 1 saturated carbocycles. The van der Waals surface area contributed by atoms with Crippen molar-refractivity contribution in [2.75, 3.05) is 0 Å². The van der Waals surface area contributed by atoms with Crippen molar-refractivity contribution < 1.29 is 9.32 Å². The molecule has 11 heavy (non-hydrogen) atoms. The predicted molar refractivity (Wildman–Crippen MR) is 36.0 cm³/mol. The van der Waals surface area contributed by atoms with E-state index in [0.29, 0.717) is 24.6 Å². The molecule has 4 nitrogen and oxygen atoms in total. The van der Waals surface area contributed by atoms with Crippen molar-refractivity contribution >= 4 is 5.78 Å². The summed E-state index contributed by atoms with van der Waals surface area (Å²) in [7, 11) is 0. The van der Waals surface area contributed by atoms with Crippen LogP contribution in [0.15, 0.2) is 4.52 Å². The van der Waals surface area contributed by atoms with Crippen molar-refractivity contribution in [3.8, 4) is 0 Å².